The molecule has 6 heteroatoms. The predicted molar refractivity (Wildman–Crippen MR) is 98.0 cm³/mol. The van der Waals surface area contributed by atoms with Crippen molar-refractivity contribution in [2.75, 3.05) is 6.54 Å². The van der Waals surface area contributed by atoms with Crippen LogP contribution in [0.15, 0.2) is 65.3 Å². The molecule has 0 bridgehead atoms. The first-order valence-corrected chi connectivity index (χ1v) is 8.45. The molecule has 3 aromatic rings. The zero-order chi connectivity index (χ0) is 17.6. The maximum atomic E-state index is 12.0. The fourth-order valence-corrected chi connectivity index (χ4v) is 2.78. The van der Waals surface area contributed by atoms with Crippen LogP contribution in [0.5, 0.6) is 0 Å². The Morgan fingerprint density at radius 1 is 1.08 bits per heavy atom. The second-order valence-corrected chi connectivity index (χ2v) is 6.26. The summed E-state index contributed by atoms with van der Waals surface area (Å²) in [6, 6.07) is 16.4. The molecule has 2 aromatic carbocycles. The Morgan fingerprint density at radius 3 is 2.72 bits per heavy atom. The lowest BCUT2D eigenvalue weighted by molar-refractivity contribution is -0.143. The second-order valence-electron chi connectivity index (χ2n) is 5.35. The van der Waals surface area contributed by atoms with Gasteiger partial charge < -0.3 is 10.1 Å². The number of esters is 1. The fraction of sp³-hybridized carbons (Fsp3) is 0.105. The summed E-state index contributed by atoms with van der Waals surface area (Å²) in [5, 5.41) is 3.53. The van der Waals surface area contributed by atoms with E-state index >= 15 is 0 Å². The highest BCUT2D eigenvalue weighted by atomic mass is 79.9. The number of pyridine rings is 1. The smallest absolute Gasteiger partial charge is 0.325 e. The number of benzene rings is 2. The van der Waals surface area contributed by atoms with Crippen LogP contribution in [0.1, 0.15) is 15.9 Å². The van der Waals surface area contributed by atoms with Crippen LogP contribution in [0, 0.1) is 0 Å². The predicted octanol–water partition coefficient (Wildman–Crippen LogP) is 3.47. The molecule has 126 valence electrons. The van der Waals surface area contributed by atoms with E-state index < -0.39 is 5.97 Å². The summed E-state index contributed by atoms with van der Waals surface area (Å²) < 4.78 is 6.04. The minimum Gasteiger partial charge on any atom is -0.459 e. The minimum atomic E-state index is -0.503. The van der Waals surface area contributed by atoms with Crippen molar-refractivity contribution in [2.24, 2.45) is 0 Å². The zero-order valence-electron chi connectivity index (χ0n) is 13.2. The molecule has 0 saturated heterocycles. The van der Waals surface area contributed by atoms with Crippen LogP contribution in [0.3, 0.4) is 0 Å². The van der Waals surface area contributed by atoms with Crippen molar-refractivity contribution >= 4 is 38.7 Å². The van der Waals surface area contributed by atoms with Gasteiger partial charge in [-0.3, -0.25) is 14.6 Å². The average molecular weight is 399 g/mol. The maximum absolute atomic E-state index is 12.0. The van der Waals surface area contributed by atoms with Crippen molar-refractivity contribution in [3.63, 3.8) is 0 Å². The number of hydrogen-bond acceptors (Lipinski definition) is 4. The number of fused-ring (bicyclic) bond motifs is 1. The number of aromatic nitrogens is 1. The molecule has 0 radical (unpaired) electrons. The molecule has 0 aliphatic rings. The van der Waals surface area contributed by atoms with Crippen LogP contribution in [0.2, 0.25) is 0 Å². The van der Waals surface area contributed by atoms with Gasteiger partial charge in [0, 0.05) is 27.2 Å². The van der Waals surface area contributed by atoms with Gasteiger partial charge in [0.2, 0.25) is 0 Å². The summed E-state index contributed by atoms with van der Waals surface area (Å²) in [6.07, 6.45) is 1.70. The summed E-state index contributed by atoms with van der Waals surface area (Å²) in [7, 11) is 0. The van der Waals surface area contributed by atoms with Crippen molar-refractivity contribution in [3.8, 4) is 0 Å². The van der Waals surface area contributed by atoms with Crippen LogP contribution in [-0.4, -0.2) is 23.4 Å². The normalized spacial score (nSPS) is 10.4. The van der Waals surface area contributed by atoms with Crippen molar-refractivity contribution < 1.29 is 14.3 Å². The molecule has 0 saturated carbocycles. The molecule has 25 heavy (non-hydrogen) atoms. The van der Waals surface area contributed by atoms with Gasteiger partial charge in [-0.2, -0.15) is 0 Å². The third-order valence-corrected chi connectivity index (χ3v) is 4.08. The van der Waals surface area contributed by atoms with Crippen LogP contribution in [-0.2, 0) is 16.1 Å². The van der Waals surface area contributed by atoms with E-state index in [4.69, 9.17) is 4.74 Å². The Balaban J connectivity index is 1.55. The van der Waals surface area contributed by atoms with Crippen molar-refractivity contribution in [1.82, 2.24) is 10.3 Å². The third-order valence-electron chi connectivity index (χ3n) is 3.59. The molecule has 0 aliphatic heterocycles. The van der Waals surface area contributed by atoms with E-state index in [2.05, 4.69) is 26.2 Å². The molecule has 1 N–H and O–H groups in total. The number of para-hydroxylation sites is 1. The summed E-state index contributed by atoms with van der Waals surface area (Å²) in [6.45, 7) is -0.0799. The summed E-state index contributed by atoms with van der Waals surface area (Å²) >= 11 is 3.30. The summed E-state index contributed by atoms with van der Waals surface area (Å²) in [4.78, 5) is 28.2. The second kappa shape index (κ2) is 7.90. The van der Waals surface area contributed by atoms with Crippen LogP contribution in [0.25, 0.3) is 10.9 Å². The van der Waals surface area contributed by atoms with Gasteiger partial charge in [-0.15, -0.1) is 0 Å². The number of carbonyl (C=O) groups is 2. The van der Waals surface area contributed by atoms with Gasteiger partial charge in [0.25, 0.3) is 5.91 Å². The molecule has 1 amide bonds. The van der Waals surface area contributed by atoms with Crippen LogP contribution < -0.4 is 5.32 Å². The molecule has 1 aromatic heterocycles. The Morgan fingerprint density at radius 2 is 1.88 bits per heavy atom. The van der Waals surface area contributed by atoms with E-state index in [1.165, 1.54) is 0 Å². The number of halogens is 1. The SMILES string of the molecule is O=C(CNC(=O)c1cccc(Br)c1)OCc1cccc2cccnc12. The molecule has 0 unspecified atom stereocenters. The van der Waals surface area contributed by atoms with Crippen molar-refractivity contribution in [3.05, 3.63) is 76.4 Å². The highest BCUT2D eigenvalue weighted by molar-refractivity contribution is 9.10. The number of rotatable bonds is 5. The molecule has 5 nitrogen and oxygen atoms in total. The largest absolute Gasteiger partial charge is 0.459 e. The number of nitrogens with zero attached hydrogens (tertiary/aromatic N) is 1. The number of ether oxygens (including phenoxy) is 1. The van der Waals surface area contributed by atoms with Crippen molar-refractivity contribution in [2.45, 2.75) is 6.61 Å². The monoisotopic (exact) mass is 398 g/mol. The van der Waals surface area contributed by atoms with Gasteiger partial charge in [0.1, 0.15) is 13.2 Å². The van der Waals surface area contributed by atoms with Gasteiger partial charge in [-0.25, -0.2) is 0 Å². The third kappa shape index (κ3) is 4.42. The number of nitrogens with one attached hydrogen (secondary N) is 1. The quantitative estimate of drug-likeness (QED) is 0.668. The first-order chi connectivity index (χ1) is 12.1. The van der Waals surface area contributed by atoms with Gasteiger partial charge in [0.05, 0.1) is 5.52 Å². The van der Waals surface area contributed by atoms with E-state index in [9.17, 15) is 9.59 Å². The zero-order valence-corrected chi connectivity index (χ0v) is 14.8. The van der Waals surface area contributed by atoms with E-state index in [-0.39, 0.29) is 19.1 Å². The van der Waals surface area contributed by atoms with E-state index in [0.29, 0.717) is 5.56 Å². The minimum absolute atomic E-state index is 0.111. The molecular weight excluding hydrogens is 384 g/mol. The van der Waals surface area contributed by atoms with Crippen molar-refractivity contribution in [1.29, 1.82) is 0 Å². The van der Waals surface area contributed by atoms with Gasteiger partial charge in [0.15, 0.2) is 0 Å². The standard InChI is InChI=1S/C19H15BrN2O3/c20-16-8-2-5-14(10-16)19(24)22-11-17(23)25-12-15-6-1-4-13-7-3-9-21-18(13)15/h1-10H,11-12H2,(H,22,24). The molecule has 0 aliphatic carbocycles. The Labute approximate surface area is 153 Å². The molecule has 1 heterocycles. The first-order valence-electron chi connectivity index (χ1n) is 7.65. The average Bonchev–Trinajstić information content (AvgIpc) is 2.64. The Kier molecular flexibility index (Phi) is 5.40. The molecule has 0 atom stereocenters. The lowest BCUT2D eigenvalue weighted by Crippen LogP contribution is -2.30. The van der Waals surface area contributed by atoms with Gasteiger partial charge in [-0.1, -0.05) is 46.3 Å². The van der Waals surface area contributed by atoms with Crippen LogP contribution in [0.4, 0.5) is 0 Å². The highest BCUT2D eigenvalue weighted by Crippen LogP contribution is 2.16. The fourth-order valence-electron chi connectivity index (χ4n) is 2.38. The Hall–Kier alpha value is -2.73. The van der Waals surface area contributed by atoms with E-state index in [1.807, 2.05) is 36.4 Å². The van der Waals surface area contributed by atoms with Crippen LogP contribution >= 0.6 is 15.9 Å². The van der Waals surface area contributed by atoms with Gasteiger partial charge >= 0.3 is 5.97 Å². The highest BCUT2D eigenvalue weighted by Gasteiger charge is 2.10. The lowest BCUT2D eigenvalue weighted by Gasteiger charge is -2.08. The first kappa shape index (κ1) is 17.1. The summed E-state index contributed by atoms with van der Waals surface area (Å²) in [5.41, 5.74) is 2.10. The van der Waals surface area contributed by atoms with Gasteiger partial charge in [-0.05, 0) is 24.3 Å². The Bertz CT molecular complexity index is 922. The number of hydrogen-bond donors (Lipinski definition) is 1. The molecule has 3 rings (SSSR count). The van der Waals surface area contributed by atoms with E-state index in [0.717, 1.165) is 20.9 Å². The number of carbonyl (C=O) groups excluding carboxylic acids is 2. The molecule has 0 spiro atoms. The number of amides is 1. The lowest BCUT2D eigenvalue weighted by atomic mass is 10.1. The topological polar surface area (TPSA) is 68.3 Å². The summed E-state index contributed by atoms with van der Waals surface area (Å²) in [5.74, 6) is -0.832. The molecule has 0 fully saturated rings. The molecular formula is C19H15BrN2O3. The van der Waals surface area contributed by atoms with E-state index in [1.54, 1.807) is 24.4 Å². The maximum Gasteiger partial charge on any atom is 0.325 e.